The predicted molar refractivity (Wildman–Crippen MR) is 79.3 cm³/mol. The number of nitrogens with two attached hydrogens (primary N) is 1. The first-order valence-corrected chi connectivity index (χ1v) is 9.17. The number of nitrogen functional groups attached to an aromatic ring is 1. The third kappa shape index (κ3) is 3.39. The van der Waals surface area contributed by atoms with Gasteiger partial charge in [-0.1, -0.05) is 26.2 Å². The van der Waals surface area contributed by atoms with E-state index in [1.807, 2.05) is 0 Å². The van der Waals surface area contributed by atoms with E-state index in [4.69, 9.17) is 5.73 Å². The first kappa shape index (κ1) is 14.6. The van der Waals surface area contributed by atoms with Crippen molar-refractivity contribution in [2.24, 2.45) is 5.41 Å². The molecule has 0 radical (unpaired) electrons. The van der Waals surface area contributed by atoms with Crippen LogP contribution in [0.4, 0.5) is 10.8 Å². The van der Waals surface area contributed by atoms with Gasteiger partial charge in [0.15, 0.2) is 15.7 Å². The highest BCUT2D eigenvalue weighted by atomic mass is 32.2. The second kappa shape index (κ2) is 5.28. The van der Waals surface area contributed by atoms with Crippen molar-refractivity contribution in [3.05, 3.63) is 0 Å². The number of nitrogens with one attached hydrogen (secondary N) is 1. The zero-order valence-electron chi connectivity index (χ0n) is 11.4. The van der Waals surface area contributed by atoms with Crippen molar-refractivity contribution in [1.29, 1.82) is 0 Å². The standard InChI is InChI=1S/C12H21N3O2S2/c1-12(6-4-3-5-7-12)8-14-11-9(19(2,16)17)10(13)15-18-11/h14H,3-8H2,1-2H3,(H2,13,15). The van der Waals surface area contributed by atoms with E-state index >= 15 is 0 Å². The van der Waals surface area contributed by atoms with Gasteiger partial charge in [0.1, 0.15) is 9.90 Å². The minimum Gasteiger partial charge on any atom is -0.382 e. The molecule has 1 aromatic heterocycles. The van der Waals surface area contributed by atoms with E-state index in [0.717, 1.165) is 18.1 Å². The second-order valence-corrected chi connectivity index (χ2v) is 8.45. The van der Waals surface area contributed by atoms with Gasteiger partial charge in [-0.2, -0.15) is 4.37 Å². The van der Waals surface area contributed by atoms with Crippen LogP contribution in [0.15, 0.2) is 4.90 Å². The van der Waals surface area contributed by atoms with Gasteiger partial charge < -0.3 is 11.1 Å². The molecular weight excluding hydrogens is 282 g/mol. The Morgan fingerprint density at radius 2 is 2.00 bits per heavy atom. The number of rotatable bonds is 4. The van der Waals surface area contributed by atoms with Crippen molar-refractivity contribution < 1.29 is 8.42 Å². The Hall–Kier alpha value is -0.820. The van der Waals surface area contributed by atoms with Crippen LogP contribution >= 0.6 is 11.5 Å². The summed E-state index contributed by atoms with van der Waals surface area (Å²) < 4.78 is 27.4. The molecule has 0 amide bonds. The molecule has 0 aromatic carbocycles. The summed E-state index contributed by atoms with van der Waals surface area (Å²) in [5.74, 6) is 0.101. The van der Waals surface area contributed by atoms with Crippen molar-refractivity contribution >= 4 is 32.2 Å². The summed E-state index contributed by atoms with van der Waals surface area (Å²) in [5, 5.41) is 3.82. The summed E-state index contributed by atoms with van der Waals surface area (Å²) in [5.41, 5.74) is 5.89. The van der Waals surface area contributed by atoms with Crippen LogP contribution in [-0.4, -0.2) is 25.6 Å². The average Bonchev–Trinajstić information content (AvgIpc) is 2.69. The molecule has 7 heteroatoms. The molecule has 3 N–H and O–H groups in total. The SMILES string of the molecule is CC1(CNc2snc(N)c2S(C)(=O)=O)CCCCC1. The fourth-order valence-corrected chi connectivity index (χ4v) is 4.70. The highest BCUT2D eigenvalue weighted by Crippen LogP contribution is 2.37. The minimum atomic E-state index is -3.33. The Bertz CT molecular complexity index is 545. The van der Waals surface area contributed by atoms with Gasteiger partial charge in [-0.05, 0) is 29.8 Å². The molecule has 1 saturated carbocycles. The maximum Gasteiger partial charge on any atom is 0.182 e. The van der Waals surface area contributed by atoms with Crippen LogP contribution in [0.5, 0.6) is 0 Å². The van der Waals surface area contributed by atoms with E-state index in [1.54, 1.807) is 0 Å². The van der Waals surface area contributed by atoms with Crippen LogP contribution in [-0.2, 0) is 9.84 Å². The Kier molecular flexibility index (Phi) is 4.06. The molecule has 1 aromatic rings. The zero-order chi connectivity index (χ0) is 14.1. The summed E-state index contributed by atoms with van der Waals surface area (Å²) in [4.78, 5) is 0.150. The number of aromatic nitrogens is 1. The van der Waals surface area contributed by atoms with Crippen LogP contribution in [0.25, 0.3) is 0 Å². The van der Waals surface area contributed by atoms with E-state index in [2.05, 4.69) is 16.6 Å². The molecule has 19 heavy (non-hydrogen) atoms. The Morgan fingerprint density at radius 1 is 1.37 bits per heavy atom. The molecule has 0 aliphatic heterocycles. The molecule has 0 saturated heterocycles. The Morgan fingerprint density at radius 3 is 2.58 bits per heavy atom. The quantitative estimate of drug-likeness (QED) is 0.892. The van der Waals surface area contributed by atoms with Crippen molar-refractivity contribution in [2.45, 2.75) is 43.9 Å². The first-order valence-electron chi connectivity index (χ1n) is 6.51. The minimum absolute atomic E-state index is 0.101. The molecule has 1 aliphatic carbocycles. The summed E-state index contributed by atoms with van der Waals surface area (Å²) >= 11 is 1.13. The lowest BCUT2D eigenvalue weighted by molar-refractivity contribution is 0.233. The molecular formula is C12H21N3O2S2. The van der Waals surface area contributed by atoms with E-state index in [1.165, 1.54) is 38.4 Å². The summed E-state index contributed by atoms with van der Waals surface area (Å²) in [6.45, 7) is 3.03. The van der Waals surface area contributed by atoms with Crippen LogP contribution in [0, 0.1) is 5.41 Å². The fourth-order valence-electron chi connectivity index (χ4n) is 2.64. The van der Waals surface area contributed by atoms with E-state index in [0.29, 0.717) is 5.00 Å². The van der Waals surface area contributed by atoms with Crippen LogP contribution in [0.1, 0.15) is 39.0 Å². The number of nitrogens with zero attached hydrogens (tertiary/aromatic N) is 1. The zero-order valence-corrected chi connectivity index (χ0v) is 13.0. The number of hydrogen-bond acceptors (Lipinski definition) is 6. The van der Waals surface area contributed by atoms with Gasteiger partial charge in [0.25, 0.3) is 0 Å². The summed E-state index contributed by atoms with van der Waals surface area (Å²) in [6, 6.07) is 0. The normalized spacial score (nSPS) is 19.3. The van der Waals surface area contributed by atoms with Gasteiger partial charge in [-0.25, -0.2) is 8.42 Å². The maximum absolute atomic E-state index is 11.7. The van der Waals surface area contributed by atoms with Gasteiger partial charge >= 0.3 is 0 Å². The maximum atomic E-state index is 11.7. The molecule has 0 unspecified atom stereocenters. The van der Waals surface area contributed by atoms with Crippen molar-refractivity contribution in [1.82, 2.24) is 4.37 Å². The summed E-state index contributed by atoms with van der Waals surface area (Å²) in [7, 11) is -3.33. The molecule has 0 spiro atoms. The fraction of sp³-hybridized carbons (Fsp3) is 0.750. The van der Waals surface area contributed by atoms with Crippen molar-refractivity contribution in [3.63, 3.8) is 0 Å². The smallest absolute Gasteiger partial charge is 0.182 e. The second-order valence-electron chi connectivity index (χ2n) is 5.72. The number of sulfone groups is 1. The van der Waals surface area contributed by atoms with E-state index < -0.39 is 9.84 Å². The topological polar surface area (TPSA) is 85.1 Å². The molecule has 0 atom stereocenters. The van der Waals surface area contributed by atoms with E-state index in [9.17, 15) is 8.42 Å². The molecule has 108 valence electrons. The highest BCUT2D eigenvalue weighted by molar-refractivity contribution is 7.91. The monoisotopic (exact) mass is 303 g/mol. The number of hydrogen-bond donors (Lipinski definition) is 2. The third-order valence-corrected chi connectivity index (χ3v) is 5.88. The lowest BCUT2D eigenvalue weighted by Gasteiger charge is -2.33. The van der Waals surface area contributed by atoms with Crippen LogP contribution in [0.2, 0.25) is 0 Å². The molecule has 5 nitrogen and oxygen atoms in total. The molecule has 1 aliphatic rings. The predicted octanol–water partition coefficient (Wildman–Crippen LogP) is 2.51. The molecule has 2 rings (SSSR count). The molecule has 0 bridgehead atoms. The molecule has 1 fully saturated rings. The van der Waals surface area contributed by atoms with Crippen molar-refractivity contribution in [3.8, 4) is 0 Å². The van der Waals surface area contributed by atoms with Gasteiger partial charge in [-0.3, -0.25) is 0 Å². The lowest BCUT2D eigenvalue weighted by atomic mass is 9.76. The molecule has 1 heterocycles. The van der Waals surface area contributed by atoms with Gasteiger partial charge in [0.2, 0.25) is 0 Å². The van der Waals surface area contributed by atoms with Gasteiger partial charge in [0.05, 0.1) is 0 Å². The first-order chi connectivity index (χ1) is 8.82. The van der Waals surface area contributed by atoms with Crippen molar-refractivity contribution in [2.75, 3.05) is 23.9 Å². The highest BCUT2D eigenvalue weighted by Gasteiger charge is 2.28. The summed E-state index contributed by atoms with van der Waals surface area (Å²) in [6.07, 6.45) is 7.34. The Labute approximate surface area is 118 Å². The van der Waals surface area contributed by atoms with Crippen LogP contribution in [0.3, 0.4) is 0 Å². The largest absolute Gasteiger partial charge is 0.382 e. The van der Waals surface area contributed by atoms with Gasteiger partial charge in [-0.15, -0.1) is 0 Å². The van der Waals surface area contributed by atoms with E-state index in [-0.39, 0.29) is 16.1 Å². The lowest BCUT2D eigenvalue weighted by Crippen LogP contribution is -2.29. The van der Waals surface area contributed by atoms with Crippen LogP contribution < -0.4 is 11.1 Å². The number of anilines is 2. The third-order valence-electron chi connectivity index (χ3n) is 3.78. The van der Waals surface area contributed by atoms with Gasteiger partial charge in [0, 0.05) is 12.8 Å². The Balaban J connectivity index is 2.12. The average molecular weight is 303 g/mol.